The lowest BCUT2D eigenvalue weighted by Crippen LogP contribution is -2.52. The van der Waals surface area contributed by atoms with Gasteiger partial charge < -0.3 is 19.5 Å². The van der Waals surface area contributed by atoms with E-state index < -0.39 is 18.5 Å². The van der Waals surface area contributed by atoms with Crippen LogP contribution in [0.1, 0.15) is 33.6 Å². The molecule has 1 saturated heterocycles. The summed E-state index contributed by atoms with van der Waals surface area (Å²) in [5.74, 6) is -0.757. The van der Waals surface area contributed by atoms with Gasteiger partial charge in [0.05, 0.1) is 25.0 Å². The number of carbonyl (C=O) groups is 1. The Kier molecular flexibility index (Phi) is 8.59. The van der Waals surface area contributed by atoms with Crippen molar-refractivity contribution < 1.29 is 32.2 Å². The summed E-state index contributed by atoms with van der Waals surface area (Å²) in [6.07, 6.45) is -4.65. The topological polar surface area (TPSA) is 60.0 Å². The molecule has 1 N–H and O–H groups in total. The largest absolute Gasteiger partial charge is 0.469 e. The highest BCUT2D eigenvalue weighted by Gasteiger charge is 2.33. The zero-order chi connectivity index (χ0) is 19.1. The van der Waals surface area contributed by atoms with Gasteiger partial charge in [-0.2, -0.15) is 13.2 Å². The number of halogens is 3. The Bertz CT molecular complexity index is 413. The molecule has 0 bridgehead atoms. The number of nitrogens with zero attached hydrogens (tertiary/aromatic N) is 1. The summed E-state index contributed by atoms with van der Waals surface area (Å²) in [7, 11) is 1.31. The van der Waals surface area contributed by atoms with Crippen LogP contribution in [0.15, 0.2) is 0 Å². The van der Waals surface area contributed by atoms with Crippen LogP contribution in [0.4, 0.5) is 13.2 Å². The Morgan fingerprint density at radius 1 is 1.24 bits per heavy atom. The highest BCUT2D eigenvalue weighted by atomic mass is 19.4. The van der Waals surface area contributed by atoms with Crippen molar-refractivity contribution in [2.24, 2.45) is 5.92 Å². The molecule has 1 heterocycles. The number of hydrogen-bond donors (Lipinski definition) is 1. The van der Waals surface area contributed by atoms with Crippen molar-refractivity contribution in [3.05, 3.63) is 0 Å². The van der Waals surface area contributed by atoms with E-state index in [1.54, 1.807) is 0 Å². The third kappa shape index (κ3) is 9.98. The normalized spacial score (nSPS) is 22.8. The van der Waals surface area contributed by atoms with Crippen molar-refractivity contribution in [1.82, 2.24) is 10.2 Å². The van der Waals surface area contributed by atoms with Gasteiger partial charge in [0.25, 0.3) is 0 Å². The average Bonchev–Trinajstić information content (AvgIpc) is 2.48. The quantitative estimate of drug-likeness (QED) is 0.401. The molecule has 6 nitrogen and oxygen atoms in total. The smallest absolute Gasteiger partial charge is 0.390 e. The molecule has 0 saturated carbocycles. The number of alkyl halides is 3. The summed E-state index contributed by atoms with van der Waals surface area (Å²) in [6.45, 7) is 6.84. The number of nitrogens with one attached hydrogen (secondary N) is 1. The Morgan fingerprint density at radius 2 is 1.92 bits per heavy atom. The summed E-state index contributed by atoms with van der Waals surface area (Å²) in [6, 6.07) is -0.229. The molecule has 1 fully saturated rings. The van der Waals surface area contributed by atoms with Gasteiger partial charge in [0.15, 0.2) is 0 Å². The van der Waals surface area contributed by atoms with E-state index in [0.29, 0.717) is 19.5 Å². The van der Waals surface area contributed by atoms with Crippen LogP contribution in [0, 0.1) is 5.92 Å². The summed E-state index contributed by atoms with van der Waals surface area (Å²) >= 11 is 0. The number of rotatable bonds is 8. The summed E-state index contributed by atoms with van der Waals surface area (Å²) in [5, 5.41) is 2.88. The number of ether oxygens (including phenoxy) is 3. The molecular weight excluding hydrogens is 341 g/mol. The van der Waals surface area contributed by atoms with Crippen LogP contribution >= 0.6 is 0 Å². The van der Waals surface area contributed by atoms with Crippen molar-refractivity contribution in [1.29, 1.82) is 0 Å². The molecule has 0 radical (unpaired) electrons. The highest BCUT2D eigenvalue weighted by Crippen LogP contribution is 2.21. The van der Waals surface area contributed by atoms with E-state index >= 15 is 0 Å². The molecular formula is C16H29F3N2O4. The van der Waals surface area contributed by atoms with Crippen molar-refractivity contribution >= 4 is 5.97 Å². The van der Waals surface area contributed by atoms with E-state index in [1.807, 2.05) is 25.7 Å². The maximum absolute atomic E-state index is 12.3. The molecule has 2 atom stereocenters. The van der Waals surface area contributed by atoms with Crippen LogP contribution in [0.25, 0.3) is 0 Å². The number of piperidine rings is 1. The monoisotopic (exact) mass is 370 g/mol. The SMILES string of the molecule is COC(=O)[C@@H]1C[C@H](NCCC(F)(F)F)CN(COCOC(C)(C)C)C1. The van der Waals surface area contributed by atoms with E-state index in [-0.39, 0.29) is 37.7 Å². The van der Waals surface area contributed by atoms with Crippen molar-refractivity contribution in [2.75, 3.05) is 40.3 Å². The van der Waals surface area contributed by atoms with Crippen LogP contribution in [0.2, 0.25) is 0 Å². The first kappa shape index (κ1) is 22.1. The van der Waals surface area contributed by atoms with Gasteiger partial charge >= 0.3 is 12.1 Å². The van der Waals surface area contributed by atoms with Crippen molar-refractivity contribution in [3.63, 3.8) is 0 Å². The first-order valence-electron chi connectivity index (χ1n) is 8.32. The lowest BCUT2D eigenvalue weighted by Gasteiger charge is -2.37. The first-order chi connectivity index (χ1) is 11.5. The molecule has 0 spiro atoms. The summed E-state index contributed by atoms with van der Waals surface area (Å²) in [5.41, 5.74) is -0.321. The zero-order valence-corrected chi connectivity index (χ0v) is 15.3. The van der Waals surface area contributed by atoms with Gasteiger partial charge in [0, 0.05) is 25.7 Å². The molecule has 148 valence electrons. The number of methoxy groups -OCH3 is 1. The minimum atomic E-state index is -4.20. The number of hydrogen-bond acceptors (Lipinski definition) is 6. The minimum absolute atomic E-state index is 0.106. The van der Waals surface area contributed by atoms with Gasteiger partial charge in [0.1, 0.15) is 13.5 Å². The van der Waals surface area contributed by atoms with Crippen LogP contribution in [0.3, 0.4) is 0 Å². The second-order valence-corrected chi connectivity index (χ2v) is 7.22. The fraction of sp³-hybridized carbons (Fsp3) is 0.938. The molecule has 1 rings (SSSR count). The lowest BCUT2D eigenvalue weighted by molar-refractivity contribution is -0.156. The van der Waals surface area contributed by atoms with Gasteiger partial charge in [-0.05, 0) is 27.2 Å². The fourth-order valence-electron chi connectivity index (χ4n) is 2.58. The molecule has 0 aliphatic carbocycles. The van der Waals surface area contributed by atoms with Crippen molar-refractivity contribution in [2.45, 2.75) is 51.4 Å². The third-order valence-electron chi connectivity index (χ3n) is 3.75. The molecule has 0 amide bonds. The van der Waals surface area contributed by atoms with Gasteiger partial charge in [-0.25, -0.2) is 0 Å². The number of carbonyl (C=O) groups excluding carboxylic acids is 1. The summed E-state index contributed by atoms with van der Waals surface area (Å²) < 4.78 is 52.6. The molecule has 0 aromatic carbocycles. The maximum atomic E-state index is 12.3. The van der Waals surface area contributed by atoms with Gasteiger partial charge in [-0.1, -0.05) is 0 Å². The van der Waals surface area contributed by atoms with Crippen LogP contribution in [-0.2, 0) is 19.0 Å². The van der Waals surface area contributed by atoms with Gasteiger partial charge in [0.2, 0.25) is 0 Å². The first-order valence-corrected chi connectivity index (χ1v) is 8.32. The molecule has 9 heteroatoms. The van der Waals surface area contributed by atoms with E-state index in [2.05, 4.69) is 5.32 Å². The second-order valence-electron chi connectivity index (χ2n) is 7.22. The Balaban J connectivity index is 2.48. The lowest BCUT2D eigenvalue weighted by atomic mass is 9.94. The average molecular weight is 370 g/mol. The predicted octanol–water partition coefficient (Wildman–Crippen LogP) is 2.14. The van der Waals surface area contributed by atoms with Gasteiger partial charge in [-0.3, -0.25) is 9.69 Å². The van der Waals surface area contributed by atoms with Crippen LogP contribution in [0.5, 0.6) is 0 Å². The van der Waals surface area contributed by atoms with Crippen LogP contribution < -0.4 is 5.32 Å². The Labute approximate surface area is 147 Å². The molecule has 1 aliphatic heterocycles. The molecule has 0 aromatic heterocycles. The zero-order valence-electron chi connectivity index (χ0n) is 15.3. The molecule has 25 heavy (non-hydrogen) atoms. The minimum Gasteiger partial charge on any atom is -0.469 e. The number of likely N-dealkylation sites (tertiary alicyclic amines) is 1. The molecule has 0 aromatic rings. The maximum Gasteiger partial charge on any atom is 0.390 e. The predicted molar refractivity (Wildman–Crippen MR) is 85.8 cm³/mol. The van der Waals surface area contributed by atoms with Crippen molar-refractivity contribution in [3.8, 4) is 0 Å². The Morgan fingerprint density at radius 3 is 2.48 bits per heavy atom. The van der Waals surface area contributed by atoms with E-state index in [9.17, 15) is 18.0 Å². The third-order valence-corrected chi connectivity index (χ3v) is 3.75. The molecule has 1 aliphatic rings. The van der Waals surface area contributed by atoms with Crippen LogP contribution in [-0.4, -0.2) is 69.0 Å². The second kappa shape index (κ2) is 9.70. The van der Waals surface area contributed by atoms with E-state index in [0.717, 1.165) is 0 Å². The highest BCUT2D eigenvalue weighted by molar-refractivity contribution is 5.72. The standard InChI is InChI=1S/C16H29F3N2O4/c1-15(2,3)25-11-24-10-21-8-12(14(22)23-4)7-13(9-21)20-6-5-16(17,18)19/h12-13,20H,5-11H2,1-4H3/t12-,13+/m1/s1. The Hall–Kier alpha value is -0.900. The van der Waals surface area contributed by atoms with Gasteiger partial charge in [-0.15, -0.1) is 0 Å². The van der Waals surface area contributed by atoms with E-state index in [4.69, 9.17) is 14.2 Å². The molecule has 0 unspecified atom stereocenters. The fourth-order valence-corrected chi connectivity index (χ4v) is 2.58. The number of esters is 1. The summed E-state index contributed by atoms with van der Waals surface area (Å²) in [4.78, 5) is 13.7. The van der Waals surface area contributed by atoms with E-state index in [1.165, 1.54) is 7.11 Å².